The SMILES string of the molecule is CCc1nc(-c2cccc(Cl)c2)c(-c2ccc3ncsc3c2)[nH]1. The maximum atomic E-state index is 6.15. The first-order valence-corrected chi connectivity index (χ1v) is 8.69. The van der Waals surface area contributed by atoms with Crippen LogP contribution in [0.25, 0.3) is 32.7 Å². The number of thiazole rings is 1. The van der Waals surface area contributed by atoms with Crippen molar-refractivity contribution in [3.63, 3.8) is 0 Å². The largest absolute Gasteiger partial charge is 0.341 e. The molecule has 2 aromatic heterocycles. The highest BCUT2D eigenvalue weighted by molar-refractivity contribution is 7.16. The average Bonchev–Trinajstić information content (AvgIpc) is 3.20. The highest BCUT2D eigenvalue weighted by Crippen LogP contribution is 2.33. The van der Waals surface area contributed by atoms with Gasteiger partial charge in [0, 0.05) is 22.6 Å². The summed E-state index contributed by atoms with van der Waals surface area (Å²) in [5.41, 5.74) is 7.00. The Bertz CT molecular complexity index is 987. The van der Waals surface area contributed by atoms with Gasteiger partial charge in [-0.2, -0.15) is 0 Å². The molecular weight excluding hydrogens is 326 g/mol. The molecule has 0 atom stereocenters. The van der Waals surface area contributed by atoms with Gasteiger partial charge in [0.15, 0.2) is 0 Å². The molecule has 0 fully saturated rings. The summed E-state index contributed by atoms with van der Waals surface area (Å²) in [6.45, 7) is 2.09. The number of aromatic amines is 1. The zero-order valence-electron chi connectivity index (χ0n) is 12.5. The normalized spacial score (nSPS) is 11.2. The maximum Gasteiger partial charge on any atom is 0.106 e. The summed E-state index contributed by atoms with van der Waals surface area (Å²) in [6, 6.07) is 14.1. The highest BCUT2D eigenvalue weighted by atomic mass is 35.5. The Kier molecular flexibility index (Phi) is 3.63. The molecule has 0 unspecified atom stereocenters. The second-order valence-electron chi connectivity index (χ2n) is 5.31. The quantitative estimate of drug-likeness (QED) is 0.530. The Morgan fingerprint density at radius 1 is 1.13 bits per heavy atom. The molecule has 2 heterocycles. The third-order valence-electron chi connectivity index (χ3n) is 3.81. The van der Waals surface area contributed by atoms with E-state index >= 15 is 0 Å². The molecule has 0 saturated carbocycles. The van der Waals surface area contributed by atoms with Crippen LogP contribution in [0.15, 0.2) is 48.0 Å². The van der Waals surface area contributed by atoms with Crippen molar-refractivity contribution in [1.29, 1.82) is 0 Å². The molecule has 0 aliphatic carbocycles. The van der Waals surface area contributed by atoms with Gasteiger partial charge in [-0.25, -0.2) is 9.97 Å². The monoisotopic (exact) mass is 339 g/mol. The molecule has 0 bridgehead atoms. The fourth-order valence-electron chi connectivity index (χ4n) is 2.65. The van der Waals surface area contributed by atoms with Crippen molar-refractivity contribution >= 4 is 33.2 Å². The first kappa shape index (κ1) is 14.4. The lowest BCUT2D eigenvalue weighted by molar-refractivity contribution is 0.992. The van der Waals surface area contributed by atoms with E-state index in [9.17, 15) is 0 Å². The van der Waals surface area contributed by atoms with Crippen molar-refractivity contribution < 1.29 is 0 Å². The van der Waals surface area contributed by atoms with E-state index in [0.717, 1.165) is 40.3 Å². The van der Waals surface area contributed by atoms with Gasteiger partial charge < -0.3 is 4.98 Å². The minimum absolute atomic E-state index is 0.715. The van der Waals surface area contributed by atoms with Crippen LogP contribution in [0.2, 0.25) is 5.02 Å². The predicted octanol–water partition coefficient (Wildman–Crippen LogP) is 5.57. The molecule has 0 saturated heterocycles. The number of aromatic nitrogens is 3. The minimum Gasteiger partial charge on any atom is -0.341 e. The first-order chi connectivity index (χ1) is 11.2. The first-order valence-electron chi connectivity index (χ1n) is 7.43. The molecule has 0 spiro atoms. The summed E-state index contributed by atoms with van der Waals surface area (Å²) in [7, 11) is 0. The van der Waals surface area contributed by atoms with Gasteiger partial charge in [0.05, 0.1) is 27.1 Å². The van der Waals surface area contributed by atoms with Crippen LogP contribution in [0.3, 0.4) is 0 Å². The number of H-pyrrole nitrogens is 1. The molecular formula is C18H14ClN3S. The van der Waals surface area contributed by atoms with Crippen LogP contribution in [-0.4, -0.2) is 15.0 Å². The van der Waals surface area contributed by atoms with E-state index in [1.54, 1.807) is 11.3 Å². The smallest absolute Gasteiger partial charge is 0.106 e. The van der Waals surface area contributed by atoms with E-state index in [-0.39, 0.29) is 0 Å². The van der Waals surface area contributed by atoms with E-state index in [2.05, 4.69) is 35.1 Å². The lowest BCUT2D eigenvalue weighted by atomic mass is 10.1. The fraction of sp³-hybridized carbons (Fsp3) is 0.111. The van der Waals surface area contributed by atoms with Gasteiger partial charge in [0.1, 0.15) is 5.82 Å². The fourth-order valence-corrected chi connectivity index (χ4v) is 3.56. The number of nitrogens with one attached hydrogen (secondary N) is 1. The molecule has 1 N–H and O–H groups in total. The van der Waals surface area contributed by atoms with Crippen molar-refractivity contribution in [3.05, 3.63) is 58.8 Å². The lowest BCUT2D eigenvalue weighted by Crippen LogP contribution is -1.84. The molecule has 5 heteroatoms. The zero-order chi connectivity index (χ0) is 15.8. The van der Waals surface area contributed by atoms with Gasteiger partial charge in [-0.3, -0.25) is 0 Å². The third kappa shape index (κ3) is 2.64. The number of aryl methyl sites for hydroxylation is 1. The molecule has 3 nitrogen and oxygen atoms in total. The van der Waals surface area contributed by atoms with Gasteiger partial charge in [-0.05, 0) is 24.3 Å². The number of benzene rings is 2. The molecule has 0 aliphatic rings. The van der Waals surface area contributed by atoms with Crippen LogP contribution in [-0.2, 0) is 6.42 Å². The predicted molar refractivity (Wildman–Crippen MR) is 97.0 cm³/mol. The van der Waals surface area contributed by atoms with E-state index < -0.39 is 0 Å². The summed E-state index contributed by atoms with van der Waals surface area (Å²) in [6.07, 6.45) is 0.858. The summed E-state index contributed by atoms with van der Waals surface area (Å²) in [5, 5.41) is 0.715. The van der Waals surface area contributed by atoms with E-state index in [1.165, 1.54) is 4.70 Å². The molecule has 0 amide bonds. The van der Waals surface area contributed by atoms with E-state index in [0.29, 0.717) is 5.02 Å². The second-order valence-corrected chi connectivity index (χ2v) is 6.63. The Morgan fingerprint density at radius 3 is 2.87 bits per heavy atom. The van der Waals surface area contributed by atoms with Gasteiger partial charge in [0.2, 0.25) is 0 Å². The summed E-state index contributed by atoms with van der Waals surface area (Å²) in [5.74, 6) is 0.972. The highest BCUT2D eigenvalue weighted by Gasteiger charge is 2.14. The molecule has 23 heavy (non-hydrogen) atoms. The third-order valence-corrected chi connectivity index (χ3v) is 4.83. The molecule has 2 aromatic carbocycles. The Morgan fingerprint density at radius 2 is 2.04 bits per heavy atom. The van der Waals surface area contributed by atoms with Gasteiger partial charge in [-0.15, -0.1) is 11.3 Å². The van der Waals surface area contributed by atoms with Crippen molar-refractivity contribution in [2.75, 3.05) is 0 Å². The van der Waals surface area contributed by atoms with Gasteiger partial charge in [0.25, 0.3) is 0 Å². The maximum absolute atomic E-state index is 6.15. The van der Waals surface area contributed by atoms with Gasteiger partial charge >= 0.3 is 0 Å². The van der Waals surface area contributed by atoms with Crippen LogP contribution in [0.5, 0.6) is 0 Å². The van der Waals surface area contributed by atoms with Crippen LogP contribution >= 0.6 is 22.9 Å². The number of rotatable bonds is 3. The standard InChI is InChI=1S/C18H14ClN3S/c1-2-16-21-17(11-4-3-5-13(19)8-11)18(22-16)12-6-7-14-15(9-12)23-10-20-14/h3-10H,2H2,1H3,(H,21,22). The zero-order valence-corrected chi connectivity index (χ0v) is 14.1. The number of nitrogens with zero attached hydrogens (tertiary/aromatic N) is 2. The van der Waals surface area contributed by atoms with Crippen LogP contribution in [0, 0.1) is 0 Å². The molecule has 0 radical (unpaired) electrons. The number of imidazole rings is 1. The van der Waals surface area contributed by atoms with Crippen molar-refractivity contribution in [3.8, 4) is 22.5 Å². The second kappa shape index (κ2) is 5.80. The molecule has 4 aromatic rings. The number of halogens is 1. The van der Waals surface area contributed by atoms with Crippen LogP contribution < -0.4 is 0 Å². The summed E-state index contributed by atoms with van der Waals surface area (Å²) in [4.78, 5) is 12.6. The lowest BCUT2D eigenvalue weighted by Gasteiger charge is -2.04. The van der Waals surface area contributed by atoms with Crippen LogP contribution in [0.4, 0.5) is 0 Å². The van der Waals surface area contributed by atoms with E-state index in [1.807, 2.05) is 29.8 Å². The van der Waals surface area contributed by atoms with Gasteiger partial charge in [-0.1, -0.05) is 36.7 Å². The minimum atomic E-state index is 0.715. The summed E-state index contributed by atoms with van der Waals surface area (Å²) >= 11 is 7.80. The average molecular weight is 340 g/mol. The van der Waals surface area contributed by atoms with Crippen molar-refractivity contribution in [2.45, 2.75) is 13.3 Å². The molecule has 4 rings (SSSR count). The van der Waals surface area contributed by atoms with E-state index in [4.69, 9.17) is 16.6 Å². The Hall–Kier alpha value is -2.17. The number of fused-ring (bicyclic) bond motifs is 1. The Balaban J connectivity index is 1.91. The Labute approximate surface area is 143 Å². The van der Waals surface area contributed by atoms with Crippen molar-refractivity contribution in [1.82, 2.24) is 15.0 Å². The summed E-state index contributed by atoms with van der Waals surface area (Å²) < 4.78 is 1.17. The number of hydrogen-bond acceptors (Lipinski definition) is 3. The van der Waals surface area contributed by atoms with Crippen molar-refractivity contribution in [2.24, 2.45) is 0 Å². The molecule has 0 aliphatic heterocycles. The number of hydrogen-bond donors (Lipinski definition) is 1. The van der Waals surface area contributed by atoms with Crippen LogP contribution in [0.1, 0.15) is 12.7 Å². The molecule has 114 valence electrons. The topological polar surface area (TPSA) is 41.6 Å².